The average molecular weight is 403 g/mol. The van der Waals surface area contributed by atoms with Gasteiger partial charge in [-0.15, -0.1) is 0 Å². The minimum Gasteiger partial charge on any atom is -0.336 e. The van der Waals surface area contributed by atoms with Crippen molar-refractivity contribution in [2.24, 2.45) is 5.92 Å². The zero-order valence-electron chi connectivity index (χ0n) is 17.6. The molecule has 0 radical (unpaired) electrons. The Balaban J connectivity index is 1.40. The Morgan fingerprint density at radius 1 is 1.07 bits per heavy atom. The highest BCUT2D eigenvalue weighted by atomic mass is 16.2. The third kappa shape index (κ3) is 3.14. The third-order valence-corrected chi connectivity index (χ3v) is 6.27. The number of anilines is 1. The van der Waals surface area contributed by atoms with Gasteiger partial charge in [-0.05, 0) is 51.0 Å². The molecule has 1 amide bonds. The van der Waals surface area contributed by atoms with Crippen molar-refractivity contribution in [2.45, 2.75) is 33.2 Å². The highest BCUT2D eigenvalue weighted by Crippen LogP contribution is 2.36. The van der Waals surface area contributed by atoms with Crippen LogP contribution >= 0.6 is 0 Å². The Morgan fingerprint density at radius 3 is 2.60 bits per heavy atom. The highest BCUT2D eigenvalue weighted by Gasteiger charge is 2.45. The van der Waals surface area contributed by atoms with E-state index in [4.69, 9.17) is 0 Å². The van der Waals surface area contributed by atoms with Crippen LogP contribution in [0.25, 0.3) is 5.69 Å². The van der Waals surface area contributed by atoms with Crippen molar-refractivity contribution in [1.82, 2.24) is 24.6 Å². The minimum atomic E-state index is 0.0656. The summed E-state index contributed by atoms with van der Waals surface area (Å²) in [6, 6.07) is 10.0. The molecule has 7 nitrogen and oxygen atoms in total. The molecule has 30 heavy (non-hydrogen) atoms. The van der Waals surface area contributed by atoms with Crippen LogP contribution in [0.1, 0.15) is 33.7 Å². The first-order valence-corrected chi connectivity index (χ1v) is 10.5. The van der Waals surface area contributed by atoms with Gasteiger partial charge in [0, 0.05) is 49.3 Å². The lowest BCUT2D eigenvalue weighted by molar-refractivity contribution is 0.0589. The number of hydrogen-bond donors (Lipinski definition) is 0. The van der Waals surface area contributed by atoms with Gasteiger partial charge in [-0.2, -0.15) is 5.10 Å². The summed E-state index contributed by atoms with van der Waals surface area (Å²) in [7, 11) is 0. The van der Waals surface area contributed by atoms with Crippen LogP contribution in [0.3, 0.4) is 0 Å². The van der Waals surface area contributed by atoms with Crippen LogP contribution in [-0.4, -0.2) is 56.2 Å². The van der Waals surface area contributed by atoms with E-state index in [1.807, 2.05) is 62.2 Å². The number of nitrogens with zero attached hydrogens (tertiary/aromatic N) is 6. The molecule has 0 aliphatic carbocycles. The lowest BCUT2D eigenvalue weighted by Gasteiger charge is -2.53. The molecule has 2 unspecified atom stereocenters. The van der Waals surface area contributed by atoms with Crippen LogP contribution in [-0.2, 0) is 0 Å². The van der Waals surface area contributed by atoms with Gasteiger partial charge in [0.25, 0.3) is 5.91 Å². The SMILES string of the molecule is Cc1cc(C)nc(N2CC3CCN(C(=O)c4cccc(C)c4-n4cccn4)CC32)n1. The Bertz CT molecular complexity index is 1070. The highest BCUT2D eigenvalue weighted by molar-refractivity contribution is 5.98. The Morgan fingerprint density at radius 2 is 1.87 bits per heavy atom. The number of para-hydroxylation sites is 1. The first kappa shape index (κ1) is 18.8. The van der Waals surface area contributed by atoms with E-state index < -0.39 is 0 Å². The molecular formula is C23H26N6O. The molecule has 4 heterocycles. The standard InChI is InChI=1S/C23H26N6O/c1-15-6-4-7-19(21(15)29-10-5-9-24-29)22(30)27-11-8-18-13-28(20(18)14-27)23-25-16(2)12-17(3)26-23/h4-7,9-10,12,18,20H,8,11,13-14H2,1-3H3. The number of hydrogen-bond acceptors (Lipinski definition) is 5. The normalized spacial score (nSPS) is 20.6. The van der Waals surface area contributed by atoms with Crippen molar-refractivity contribution < 1.29 is 4.79 Å². The van der Waals surface area contributed by atoms with Gasteiger partial charge in [-0.1, -0.05) is 12.1 Å². The number of likely N-dealkylation sites (tertiary alicyclic amines) is 1. The van der Waals surface area contributed by atoms with E-state index in [0.717, 1.165) is 48.1 Å². The number of rotatable bonds is 3. The van der Waals surface area contributed by atoms with E-state index in [-0.39, 0.29) is 11.9 Å². The van der Waals surface area contributed by atoms with E-state index in [1.54, 1.807) is 10.9 Å². The topological polar surface area (TPSA) is 67.2 Å². The van der Waals surface area contributed by atoms with Crippen LogP contribution in [0, 0.1) is 26.7 Å². The van der Waals surface area contributed by atoms with Crippen LogP contribution in [0.4, 0.5) is 5.95 Å². The number of amides is 1. The molecule has 1 aromatic carbocycles. The first-order chi connectivity index (χ1) is 14.5. The molecule has 2 saturated heterocycles. The van der Waals surface area contributed by atoms with Crippen molar-refractivity contribution in [3.63, 3.8) is 0 Å². The molecule has 0 saturated carbocycles. The fourth-order valence-electron chi connectivity index (χ4n) is 4.75. The fraction of sp³-hybridized carbons (Fsp3) is 0.391. The zero-order chi connectivity index (χ0) is 20.8. The van der Waals surface area contributed by atoms with Gasteiger partial charge in [0.05, 0.1) is 17.3 Å². The average Bonchev–Trinajstić information content (AvgIpc) is 3.22. The predicted molar refractivity (Wildman–Crippen MR) is 115 cm³/mol. The predicted octanol–water partition coefficient (Wildman–Crippen LogP) is 2.94. The van der Waals surface area contributed by atoms with Crippen molar-refractivity contribution in [1.29, 1.82) is 0 Å². The molecule has 2 atom stereocenters. The molecule has 0 N–H and O–H groups in total. The Kier molecular flexibility index (Phi) is 4.53. The molecular weight excluding hydrogens is 376 g/mol. The number of piperidine rings is 1. The van der Waals surface area contributed by atoms with Gasteiger partial charge in [-0.25, -0.2) is 14.6 Å². The molecule has 2 fully saturated rings. The number of fused-ring (bicyclic) bond motifs is 1. The second kappa shape index (κ2) is 7.23. The van der Waals surface area contributed by atoms with Gasteiger partial charge in [0.1, 0.15) is 0 Å². The Labute approximate surface area is 176 Å². The van der Waals surface area contributed by atoms with Crippen LogP contribution in [0.15, 0.2) is 42.7 Å². The number of benzene rings is 1. The van der Waals surface area contributed by atoms with Gasteiger partial charge in [-0.3, -0.25) is 4.79 Å². The maximum Gasteiger partial charge on any atom is 0.256 e. The largest absolute Gasteiger partial charge is 0.336 e. The van der Waals surface area contributed by atoms with Crippen LogP contribution in [0.5, 0.6) is 0 Å². The van der Waals surface area contributed by atoms with Crippen LogP contribution < -0.4 is 4.90 Å². The van der Waals surface area contributed by atoms with Crippen LogP contribution in [0.2, 0.25) is 0 Å². The van der Waals surface area contributed by atoms with E-state index in [2.05, 4.69) is 20.0 Å². The summed E-state index contributed by atoms with van der Waals surface area (Å²) in [4.78, 5) is 27.0. The van der Waals surface area contributed by atoms with Crippen molar-refractivity contribution >= 4 is 11.9 Å². The van der Waals surface area contributed by atoms with Crippen molar-refractivity contribution in [3.8, 4) is 5.69 Å². The summed E-state index contributed by atoms with van der Waals surface area (Å²) in [5.74, 6) is 1.45. The number of carbonyl (C=O) groups is 1. The zero-order valence-corrected chi connectivity index (χ0v) is 17.6. The minimum absolute atomic E-state index is 0.0656. The van der Waals surface area contributed by atoms with E-state index in [9.17, 15) is 4.79 Å². The van der Waals surface area contributed by atoms with Gasteiger partial charge >= 0.3 is 0 Å². The second-order valence-corrected chi connectivity index (χ2v) is 8.39. The third-order valence-electron chi connectivity index (χ3n) is 6.27. The molecule has 5 rings (SSSR count). The maximum atomic E-state index is 13.5. The molecule has 2 aliphatic heterocycles. The van der Waals surface area contributed by atoms with E-state index in [0.29, 0.717) is 18.0 Å². The maximum absolute atomic E-state index is 13.5. The number of carbonyl (C=O) groups excluding carboxylic acids is 1. The monoisotopic (exact) mass is 402 g/mol. The number of aromatic nitrogens is 4. The summed E-state index contributed by atoms with van der Waals surface area (Å²) >= 11 is 0. The summed E-state index contributed by atoms with van der Waals surface area (Å²) in [6.07, 6.45) is 4.64. The molecule has 0 bridgehead atoms. The molecule has 3 aromatic rings. The summed E-state index contributed by atoms with van der Waals surface area (Å²) in [6.45, 7) is 8.48. The van der Waals surface area contributed by atoms with Gasteiger partial charge in [0.15, 0.2) is 0 Å². The second-order valence-electron chi connectivity index (χ2n) is 8.39. The quantitative estimate of drug-likeness (QED) is 0.674. The summed E-state index contributed by atoms with van der Waals surface area (Å²) in [5, 5.41) is 4.36. The number of aryl methyl sites for hydroxylation is 3. The van der Waals surface area contributed by atoms with E-state index >= 15 is 0 Å². The molecule has 154 valence electrons. The Hall–Kier alpha value is -3.22. The van der Waals surface area contributed by atoms with Crippen molar-refractivity contribution in [2.75, 3.05) is 24.5 Å². The lowest BCUT2D eigenvalue weighted by atomic mass is 9.82. The van der Waals surface area contributed by atoms with Gasteiger partial charge in [0.2, 0.25) is 5.95 Å². The van der Waals surface area contributed by atoms with E-state index in [1.165, 1.54) is 0 Å². The molecule has 2 aromatic heterocycles. The van der Waals surface area contributed by atoms with Crippen molar-refractivity contribution in [3.05, 3.63) is 65.2 Å². The molecule has 7 heteroatoms. The lowest BCUT2D eigenvalue weighted by Crippen LogP contribution is -2.65. The smallest absolute Gasteiger partial charge is 0.256 e. The molecule has 0 spiro atoms. The van der Waals surface area contributed by atoms with Gasteiger partial charge < -0.3 is 9.80 Å². The first-order valence-electron chi connectivity index (χ1n) is 10.5. The summed E-state index contributed by atoms with van der Waals surface area (Å²) in [5.41, 5.74) is 4.55. The fourth-order valence-corrected chi connectivity index (χ4v) is 4.75. The summed E-state index contributed by atoms with van der Waals surface area (Å²) < 4.78 is 1.79. The molecule has 2 aliphatic rings.